The number of benzene rings is 1. The lowest BCUT2D eigenvalue weighted by molar-refractivity contribution is -0.153. The number of phenolic OH excluding ortho intramolecular Hbond substituents is 1. The van der Waals surface area contributed by atoms with E-state index in [1.807, 2.05) is 45.8 Å². The molecule has 1 fully saturated rings. The number of amides is 1. The first-order valence-corrected chi connectivity index (χ1v) is 12.2. The van der Waals surface area contributed by atoms with Gasteiger partial charge in [0.25, 0.3) is 5.91 Å². The first-order chi connectivity index (χ1) is 17.0. The molecule has 0 bridgehead atoms. The van der Waals surface area contributed by atoms with Crippen molar-refractivity contribution in [2.24, 2.45) is 17.6 Å². The normalized spacial score (nSPS) is 27.8. The van der Waals surface area contributed by atoms with Crippen molar-refractivity contribution in [2.45, 2.75) is 50.7 Å². The number of hydrogen-bond donors (Lipinski definition) is 5. The van der Waals surface area contributed by atoms with Gasteiger partial charge in [-0.1, -0.05) is 20.8 Å². The summed E-state index contributed by atoms with van der Waals surface area (Å²) in [6.07, 6.45) is 0.306. The van der Waals surface area contributed by atoms with Crippen LogP contribution in [-0.2, 0) is 26.2 Å². The zero-order chi connectivity index (χ0) is 27.9. The molecular weight excluding hydrogens is 478 g/mol. The smallest absolute Gasteiger partial charge is 0.255 e. The molecule has 10 heteroatoms. The summed E-state index contributed by atoms with van der Waals surface area (Å²) in [6.45, 7) is 5.74. The molecule has 0 aromatic heterocycles. The number of likely N-dealkylation sites (N-methyl/N-ethyl adjacent to an activating group) is 1. The van der Waals surface area contributed by atoms with E-state index in [4.69, 9.17) is 5.73 Å². The number of carbonyl (C=O) groups is 3. The third kappa shape index (κ3) is 3.57. The topological polar surface area (TPSA) is 165 Å². The SMILES string of the molecule is CN(C)c1cc(C(C)(C)C)c(O)c2c1CC1CC3C(N(C)C)C(=O)C(C(N)=O)=C(O)C3(O)C(=O)C1=C2O. The molecule has 6 N–H and O–H groups in total. The number of aliphatic hydroxyl groups is 3. The van der Waals surface area contributed by atoms with Crippen molar-refractivity contribution in [3.8, 4) is 5.75 Å². The summed E-state index contributed by atoms with van der Waals surface area (Å²) in [4.78, 5) is 42.6. The van der Waals surface area contributed by atoms with E-state index in [2.05, 4.69) is 0 Å². The Morgan fingerprint density at radius 3 is 2.19 bits per heavy atom. The van der Waals surface area contributed by atoms with Gasteiger partial charge in [0, 0.05) is 36.8 Å². The highest BCUT2D eigenvalue weighted by Crippen LogP contribution is 2.54. The summed E-state index contributed by atoms with van der Waals surface area (Å²) >= 11 is 0. The molecule has 4 rings (SSSR count). The van der Waals surface area contributed by atoms with Crippen molar-refractivity contribution in [1.82, 2.24) is 4.90 Å². The van der Waals surface area contributed by atoms with Gasteiger partial charge < -0.3 is 31.1 Å². The second-order valence-electron chi connectivity index (χ2n) is 11.8. The number of rotatable bonds is 3. The van der Waals surface area contributed by atoms with Crippen molar-refractivity contribution < 1.29 is 34.8 Å². The number of nitrogens with two attached hydrogens (primary N) is 1. The molecule has 0 saturated heterocycles. The van der Waals surface area contributed by atoms with Crippen molar-refractivity contribution in [3.05, 3.63) is 39.7 Å². The van der Waals surface area contributed by atoms with E-state index in [9.17, 15) is 34.8 Å². The summed E-state index contributed by atoms with van der Waals surface area (Å²) in [7, 11) is 6.83. The quantitative estimate of drug-likeness (QED) is 0.375. The standard InChI is InChI=1S/C27H35N3O7/c1-26(2,3)14-10-15(29(4)5)12-8-11-9-13-19(30(6)7)22(33)18(25(28)36)24(35)27(13,37)23(34)16(11)21(32)17(12)20(14)31/h10-11,13,19,31-32,35,37H,8-9H2,1-7H3,(H2,28,36). The predicted octanol–water partition coefficient (Wildman–Crippen LogP) is 1.33. The largest absolute Gasteiger partial charge is 0.508 e. The lowest BCUT2D eigenvalue weighted by atomic mass is 9.57. The number of Topliss-reactive ketones (excluding diaryl/α,β-unsaturated/α-hetero) is 2. The number of phenols is 1. The van der Waals surface area contributed by atoms with E-state index in [1.165, 1.54) is 4.90 Å². The number of nitrogens with zero attached hydrogens (tertiary/aromatic N) is 2. The molecule has 1 saturated carbocycles. The number of carbonyl (C=O) groups excluding carboxylic acids is 3. The number of primary amides is 1. The number of aromatic hydroxyl groups is 1. The van der Waals surface area contributed by atoms with Gasteiger partial charge in [0.1, 0.15) is 22.8 Å². The van der Waals surface area contributed by atoms with Crippen LogP contribution in [0.15, 0.2) is 23.0 Å². The molecule has 0 radical (unpaired) electrons. The molecule has 4 unspecified atom stereocenters. The van der Waals surface area contributed by atoms with Gasteiger partial charge in [-0.2, -0.15) is 0 Å². The molecule has 37 heavy (non-hydrogen) atoms. The summed E-state index contributed by atoms with van der Waals surface area (Å²) in [6, 6.07) is 0.760. The first-order valence-electron chi connectivity index (χ1n) is 12.2. The monoisotopic (exact) mass is 513 g/mol. The van der Waals surface area contributed by atoms with Gasteiger partial charge in [0.05, 0.1) is 11.6 Å². The van der Waals surface area contributed by atoms with Gasteiger partial charge in [-0.3, -0.25) is 19.3 Å². The van der Waals surface area contributed by atoms with E-state index < -0.39 is 63.5 Å². The van der Waals surface area contributed by atoms with E-state index in [0.717, 1.165) is 5.69 Å². The van der Waals surface area contributed by atoms with E-state index in [0.29, 0.717) is 11.1 Å². The van der Waals surface area contributed by atoms with Crippen LogP contribution in [0, 0.1) is 11.8 Å². The Morgan fingerprint density at radius 1 is 1.11 bits per heavy atom. The summed E-state index contributed by atoms with van der Waals surface area (Å²) in [5.41, 5.74) is 3.32. The molecule has 3 aliphatic carbocycles. The molecule has 4 atom stereocenters. The zero-order valence-electron chi connectivity index (χ0n) is 22.2. The minimum absolute atomic E-state index is 0.0560. The van der Waals surface area contributed by atoms with Crippen LogP contribution in [0.1, 0.15) is 43.9 Å². The van der Waals surface area contributed by atoms with Gasteiger partial charge in [-0.15, -0.1) is 0 Å². The minimum Gasteiger partial charge on any atom is -0.508 e. The fourth-order valence-corrected chi connectivity index (χ4v) is 6.26. The highest BCUT2D eigenvalue weighted by Gasteiger charge is 2.64. The van der Waals surface area contributed by atoms with Crippen LogP contribution >= 0.6 is 0 Å². The summed E-state index contributed by atoms with van der Waals surface area (Å²) < 4.78 is 0. The Balaban J connectivity index is 2.03. The van der Waals surface area contributed by atoms with E-state index >= 15 is 0 Å². The summed E-state index contributed by atoms with van der Waals surface area (Å²) in [5.74, 6) is -6.49. The van der Waals surface area contributed by atoms with Crippen LogP contribution in [0.25, 0.3) is 5.76 Å². The van der Waals surface area contributed by atoms with Gasteiger partial charge in [-0.25, -0.2) is 0 Å². The third-order valence-corrected chi connectivity index (χ3v) is 7.99. The van der Waals surface area contributed by atoms with Crippen molar-refractivity contribution in [3.63, 3.8) is 0 Å². The van der Waals surface area contributed by atoms with Crippen LogP contribution in [0.4, 0.5) is 5.69 Å². The first kappa shape index (κ1) is 26.7. The number of anilines is 1. The van der Waals surface area contributed by atoms with Gasteiger partial charge in [-0.05, 0) is 49.9 Å². The van der Waals surface area contributed by atoms with Crippen LogP contribution in [0.5, 0.6) is 5.75 Å². The zero-order valence-corrected chi connectivity index (χ0v) is 22.2. The van der Waals surface area contributed by atoms with Crippen LogP contribution in [-0.4, -0.2) is 82.6 Å². The number of ketones is 2. The molecule has 1 aromatic rings. The maximum atomic E-state index is 14.0. The van der Waals surface area contributed by atoms with Crippen molar-refractivity contribution in [1.29, 1.82) is 0 Å². The Morgan fingerprint density at radius 2 is 1.70 bits per heavy atom. The van der Waals surface area contributed by atoms with E-state index in [1.54, 1.807) is 14.1 Å². The Bertz CT molecular complexity index is 1300. The van der Waals surface area contributed by atoms with Crippen molar-refractivity contribution in [2.75, 3.05) is 33.1 Å². The minimum atomic E-state index is -2.65. The Kier molecular flexibility index (Phi) is 6.00. The fourth-order valence-electron chi connectivity index (χ4n) is 6.26. The Hall–Kier alpha value is -3.37. The Labute approximate surface area is 215 Å². The van der Waals surface area contributed by atoms with Gasteiger partial charge in [0.2, 0.25) is 5.78 Å². The molecule has 0 spiro atoms. The van der Waals surface area contributed by atoms with Crippen LogP contribution in [0.2, 0.25) is 0 Å². The van der Waals surface area contributed by atoms with Gasteiger partial charge >= 0.3 is 0 Å². The molecule has 3 aliphatic rings. The molecule has 0 heterocycles. The third-order valence-electron chi connectivity index (χ3n) is 7.99. The fraction of sp³-hybridized carbons (Fsp3) is 0.519. The van der Waals surface area contributed by atoms with Crippen LogP contribution in [0.3, 0.4) is 0 Å². The molecule has 200 valence electrons. The highest BCUT2D eigenvalue weighted by molar-refractivity contribution is 6.24. The molecule has 0 aliphatic heterocycles. The van der Waals surface area contributed by atoms with Gasteiger partial charge in [0.15, 0.2) is 11.4 Å². The average Bonchev–Trinajstić information content (AvgIpc) is 2.74. The lowest BCUT2D eigenvalue weighted by Gasteiger charge is -2.50. The number of fused-ring (bicyclic) bond motifs is 3. The van der Waals surface area contributed by atoms with E-state index in [-0.39, 0.29) is 29.7 Å². The molecular formula is C27H35N3O7. The van der Waals surface area contributed by atoms with Crippen molar-refractivity contribution >= 4 is 28.9 Å². The predicted molar refractivity (Wildman–Crippen MR) is 137 cm³/mol. The number of hydrogen-bond acceptors (Lipinski definition) is 9. The lowest BCUT2D eigenvalue weighted by Crippen LogP contribution is -2.65. The highest BCUT2D eigenvalue weighted by atomic mass is 16.3. The summed E-state index contributed by atoms with van der Waals surface area (Å²) in [5, 5.41) is 45.4. The van der Waals surface area contributed by atoms with Crippen LogP contribution < -0.4 is 10.6 Å². The second kappa shape index (κ2) is 8.32. The maximum absolute atomic E-state index is 14.0. The molecule has 1 amide bonds. The maximum Gasteiger partial charge on any atom is 0.255 e. The average molecular weight is 514 g/mol. The molecule has 10 nitrogen and oxygen atoms in total. The second-order valence-corrected chi connectivity index (χ2v) is 11.8. The molecule has 1 aromatic carbocycles. The number of aliphatic hydroxyl groups excluding tert-OH is 2.